The molecule has 0 fully saturated rings. The second-order valence-corrected chi connectivity index (χ2v) is 3.60. The van der Waals surface area contributed by atoms with Crippen LogP contribution in [0.1, 0.15) is 17.3 Å². The van der Waals surface area contributed by atoms with Crippen LogP contribution in [0.15, 0.2) is 18.2 Å². The number of hydrogen-bond acceptors (Lipinski definition) is 4. The zero-order valence-corrected chi connectivity index (χ0v) is 9.69. The number of benzene rings is 1. The summed E-state index contributed by atoms with van der Waals surface area (Å²) in [5, 5.41) is 13.1. The maximum atomic E-state index is 11.6. The largest absolute Gasteiger partial charge is 0.480 e. The molecule has 0 unspecified atom stereocenters. The Morgan fingerprint density at radius 1 is 1.28 bits per heavy atom. The lowest BCUT2D eigenvalue weighted by molar-refractivity contribution is -0.135. The number of hydrogen-bond donors (Lipinski definition) is 4. The van der Waals surface area contributed by atoms with Gasteiger partial charge in [-0.3, -0.25) is 14.4 Å². The summed E-state index contributed by atoms with van der Waals surface area (Å²) in [6.45, 7) is 0.844. The average Bonchev–Trinajstić information content (AvgIpc) is 2.23. The van der Waals surface area contributed by atoms with Crippen molar-refractivity contribution in [2.75, 3.05) is 17.6 Å². The Labute approximate surface area is 103 Å². The second-order valence-electron chi connectivity index (χ2n) is 3.60. The summed E-state index contributed by atoms with van der Waals surface area (Å²) in [6.07, 6.45) is 0. The van der Waals surface area contributed by atoms with E-state index in [2.05, 4.69) is 10.6 Å². The predicted molar refractivity (Wildman–Crippen MR) is 65.1 cm³/mol. The molecule has 0 aromatic heterocycles. The van der Waals surface area contributed by atoms with Crippen molar-refractivity contribution in [1.29, 1.82) is 0 Å². The lowest BCUT2D eigenvalue weighted by Gasteiger charge is -2.07. The summed E-state index contributed by atoms with van der Waals surface area (Å²) in [5.41, 5.74) is 6.43. The van der Waals surface area contributed by atoms with Crippen LogP contribution in [0.4, 0.5) is 11.4 Å². The number of amides is 2. The minimum atomic E-state index is -1.14. The lowest BCUT2D eigenvalue weighted by atomic mass is 10.1. The third-order valence-corrected chi connectivity index (χ3v) is 1.94. The molecule has 0 aliphatic rings. The van der Waals surface area contributed by atoms with Crippen molar-refractivity contribution in [3.63, 3.8) is 0 Å². The van der Waals surface area contributed by atoms with E-state index >= 15 is 0 Å². The molecule has 1 rings (SSSR count). The van der Waals surface area contributed by atoms with Gasteiger partial charge in [0.05, 0.1) is 0 Å². The van der Waals surface area contributed by atoms with Gasteiger partial charge < -0.3 is 21.5 Å². The molecular weight excluding hydrogens is 238 g/mol. The van der Waals surface area contributed by atoms with Gasteiger partial charge in [0.1, 0.15) is 6.54 Å². The third kappa shape index (κ3) is 4.12. The highest BCUT2D eigenvalue weighted by Crippen LogP contribution is 2.16. The van der Waals surface area contributed by atoms with Gasteiger partial charge in [-0.1, -0.05) is 0 Å². The van der Waals surface area contributed by atoms with Gasteiger partial charge in [-0.15, -0.1) is 0 Å². The normalized spacial score (nSPS) is 9.61. The van der Waals surface area contributed by atoms with Crippen LogP contribution < -0.4 is 16.4 Å². The summed E-state index contributed by atoms with van der Waals surface area (Å²) in [6, 6.07) is 4.30. The summed E-state index contributed by atoms with van der Waals surface area (Å²) >= 11 is 0. The highest BCUT2D eigenvalue weighted by Gasteiger charge is 2.09. The Morgan fingerprint density at radius 2 is 1.94 bits per heavy atom. The molecule has 1 aromatic carbocycles. The van der Waals surface area contributed by atoms with Crippen molar-refractivity contribution >= 4 is 29.2 Å². The zero-order chi connectivity index (χ0) is 13.7. The van der Waals surface area contributed by atoms with E-state index < -0.39 is 18.4 Å². The van der Waals surface area contributed by atoms with Crippen LogP contribution in [-0.2, 0) is 9.59 Å². The van der Waals surface area contributed by atoms with E-state index in [0.29, 0.717) is 11.4 Å². The van der Waals surface area contributed by atoms with Gasteiger partial charge in [-0.05, 0) is 18.2 Å². The zero-order valence-electron chi connectivity index (χ0n) is 9.69. The Kier molecular flexibility index (Phi) is 4.25. The average molecular weight is 251 g/mol. The number of rotatable bonds is 4. The van der Waals surface area contributed by atoms with E-state index in [0.717, 1.165) is 0 Å². The number of carbonyl (C=O) groups excluding carboxylic acids is 2. The van der Waals surface area contributed by atoms with E-state index in [9.17, 15) is 14.4 Å². The molecule has 7 nitrogen and oxygen atoms in total. The SMILES string of the molecule is CC(=O)Nc1cc(N)cc(C(=O)NCC(=O)O)c1. The fraction of sp³-hybridized carbons (Fsp3) is 0.182. The fourth-order valence-corrected chi connectivity index (χ4v) is 1.32. The minimum absolute atomic E-state index is 0.181. The maximum absolute atomic E-state index is 11.6. The van der Waals surface area contributed by atoms with Gasteiger partial charge in [-0.2, -0.15) is 0 Å². The van der Waals surface area contributed by atoms with Crippen LogP contribution in [0.5, 0.6) is 0 Å². The standard InChI is InChI=1S/C11H13N3O4/c1-6(15)14-9-3-7(2-8(12)4-9)11(18)13-5-10(16)17/h2-4H,5,12H2,1H3,(H,13,18)(H,14,15)(H,16,17). The van der Waals surface area contributed by atoms with E-state index in [1.165, 1.54) is 25.1 Å². The van der Waals surface area contributed by atoms with E-state index in [1.807, 2.05) is 0 Å². The molecule has 0 atom stereocenters. The van der Waals surface area contributed by atoms with Crippen molar-refractivity contribution in [3.8, 4) is 0 Å². The first-order valence-corrected chi connectivity index (χ1v) is 5.06. The van der Waals surface area contributed by atoms with E-state index in [1.54, 1.807) is 0 Å². The lowest BCUT2D eigenvalue weighted by Crippen LogP contribution is -2.29. The maximum Gasteiger partial charge on any atom is 0.322 e. The first kappa shape index (κ1) is 13.5. The Hall–Kier alpha value is -2.57. The number of carboxylic acids is 1. The molecule has 96 valence electrons. The number of aliphatic carboxylic acids is 1. The van der Waals surface area contributed by atoms with Gasteiger partial charge in [0, 0.05) is 23.9 Å². The molecule has 0 spiro atoms. The molecule has 0 aliphatic carbocycles. The van der Waals surface area contributed by atoms with Crippen molar-refractivity contribution in [3.05, 3.63) is 23.8 Å². The molecule has 0 saturated carbocycles. The van der Waals surface area contributed by atoms with Crippen molar-refractivity contribution in [1.82, 2.24) is 5.32 Å². The number of carboxylic acid groups (broad SMARTS) is 1. The monoisotopic (exact) mass is 251 g/mol. The van der Waals surface area contributed by atoms with Gasteiger partial charge in [0.25, 0.3) is 5.91 Å². The molecule has 0 heterocycles. The quantitative estimate of drug-likeness (QED) is 0.563. The summed E-state index contributed by atoms with van der Waals surface area (Å²) < 4.78 is 0. The molecule has 0 radical (unpaired) electrons. The highest BCUT2D eigenvalue weighted by atomic mass is 16.4. The van der Waals surface area contributed by atoms with Gasteiger partial charge >= 0.3 is 5.97 Å². The summed E-state index contributed by atoms with van der Waals surface area (Å²) in [5.74, 6) is -2.01. The molecule has 0 saturated heterocycles. The van der Waals surface area contributed by atoms with Crippen molar-refractivity contribution in [2.24, 2.45) is 0 Å². The first-order chi connectivity index (χ1) is 8.38. The molecule has 18 heavy (non-hydrogen) atoms. The third-order valence-electron chi connectivity index (χ3n) is 1.94. The van der Waals surface area contributed by atoms with Crippen LogP contribution in [-0.4, -0.2) is 29.4 Å². The molecule has 0 aliphatic heterocycles. The van der Waals surface area contributed by atoms with Crippen LogP contribution in [0.3, 0.4) is 0 Å². The molecule has 5 N–H and O–H groups in total. The molecule has 7 heteroatoms. The van der Waals surface area contributed by atoms with E-state index in [-0.39, 0.29) is 11.5 Å². The summed E-state index contributed by atoms with van der Waals surface area (Å²) in [4.78, 5) is 32.8. The molecular formula is C11H13N3O4. The molecule has 0 bridgehead atoms. The smallest absolute Gasteiger partial charge is 0.322 e. The Balaban J connectivity index is 2.88. The Bertz CT molecular complexity index is 499. The Morgan fingerprint density at radius 3 is 2.50 bits per heavy atom. The van der Waals surface area contributed by atoms with Crippen LogP contribution in [0.2, 0.25) is 0 Å². The van der Waals surface area contributed by atoms with Crippen molar-refractivity contribution in [2.45, 2.75) is 6.92 Å². The second kappa shape index (κ2) is 5.67. The number of nitrogen functional groups attached to an aromatic ring is 1. The first-order valence-electron chi connectivity index (χ1n) is 5.06. The minimum Gasteiger partial charge on any atom is -0.480 e. The van der Waals surface area contributed by atoms with Crippen LogP contribution >= 0.6 is 0 Å². The highest BCUT2D eigenvalue weighted by molar-refractivity contribution is 5.99. The number of anilines is 2. The number of nitrogens with one attached hydrogen (secondary N) is 2. The van der Waals surface area contributed by atoms with Crippen LogP contribution in [0, 0.1) is 0 Å². The van der Waals surface area contributed by atoms with Gasteiger partial charge in [-0.25, -0.2) is 0 Å². The van der Waals surface area contributed by atoms with E-state index in [4.69, 9.17) is 10.8 Å². The predicted octanol–water partition coefficient (Wildman–Crippen LogP) is 0.0416. The topological polar surface area (TPSA) is 122 Å². The van der Waals surface area contributed by atoms with Gasteiger partial charge in [0.2, 0.25) is 5.91 Å². The fourth-order valence-electron chi connectivity index (χ4n) is 1.32. The summed E-state index contributed by atoms with van der Waals surface area (Å²) in [7, 11) is 0. The van der Waals surface area contributed by atoms with Crippen LogP contribution in [0.25, 0.3) is 0 Å². The molecule has 2 amide bonds. The number of nitrogens with two attached hydrogens (primary N) is 1. The van der Waals surface area contributed by atoms with Crippen molar-refractivity contribution < 1.29 is 19.5 Å². The van der Waals surface area contributed by atoms with Gasteiger partial charge in [0.15, 0.2) is 0 Å². The molecule has 1 aromatic rings. The number of carbonyl (C=O) groups is 3.